The summed E-state index contributed by atoms with van der Waals surface area (Å²) < 4.78 is 56.3. The molecule has 190 valence electrons. The lowest BCUT2D eigenvalue weighted by Gasteiger charge is -2.19. The zero-order valence-electron chi connectivity index (χ0n) is 19.7. The Morgan fingerprint density at radius 3 is 2.30 bits per heavy atom. The monoisotopic (exact) mass is 538 g/mol. The van der Waals surface area contributed by atoms with Crippen LogP contribution in [0.25, 0.3) is 0 Å². The van der Waals surface area contributed by atoms with Crippen LogP contribution < -0.4 is 9.62 Å². The lowest BCUT2D eigenvalue weighted by Crippen LogP contribution is -2.29. The number of aromatic nitrogens is 2. The first-order chi connectivity index (χ1) is 17.6. The molecular formula is C25H22N4O6S2. The Hall–Kier alpha value is -4.03. The minimum atomic E-state index is -3.76. The zero-order chi connectivity index (χ0) is 26.2. The van der Waals surface area contributed by atoms with Gasteiger partial charge in [-0.3, -0.25) is 14.4 Å². The number of sulfonamides is 1. The number of para-hydroxylation sites is 1. The molecule has 3 aromatic carbocycles. The van der Waals surface area contributed by atoms with E-state index >= 15 is 0 Å². The molecule has 0 unspecified atom stereocenters. The van der Waals surface area contributed by atoms with Gasteiger partial charge in [-0.1, -0.05) is 35.4 Å². The van der Waals surface area contributed by atoms with Crippen LogP contribution in [0.15, 0.2) is 87.0 Å². The molecule has 0 fully saturated rings. The van der Waals surface area contributed by atoms with Crippen molar-refractivity contribution < 1.29 is 26.0 Å². The van der Waals surface area contributed by atoms with E-state index in [2.05, 4.69) is 15.5 Å². The lowest BCUT2D eigenvalue weighted by molar-refractivity contribution is 0.102. The van der Waals surface area contributed by atoms with Gasteiger partial charge < -0.3 is 4.42 Å². The minimum absolute atomic E-state index is 0.0859. The van der Waals surface area contributed by atoms with Crippen LogP contribution in [-0.2, 0) is 32.7 Å². The molecule has 4 aromatic rings. The maximum atomic E-state index is 13.2. The number of rotatable bonds is 7. The summed E-state index contributed by atoms with van der Waals surface area (Å²) in [5, 5.41) is 10.2. The van der Waals surface area contributed by atoms with Crippen LogP contribution in [0.1, 0.15) is 27.4 Å². The van der Waals surface area contributed by atoms with Gasteiger partial charge in [0.25, 0.3) is 15.9 Å². The first-order valence-corrected chi connectivity index (χ1v) is 14.6. The number of nitrogens with zero attached hydrogens (tertiary/aromatic N) is 3. The van der Waals surface area contributed by atoms with Crippen molar-refractivity contribution in [3.63, 3.8) is 0 Å². The van der Waals surface area contributed by atoms with E-state index in [0.29, 0.717) is 18.7 Å². The largest absolute Gasteiger partial charge is 0.407 e. The van der Waals surface area contributed by atoms with E-state index in [0.717, 1.165) is 17.4 Å². The second kappa shape index (κ2) is 9.45. The summed E-state index contributed by atoms with van der Waals surface area (Å²) in [4.78, 5) is 12.9. The van der Waals surface area contributed by atoms with Crippen molar-refractivity contribution in [2.45, 2.75) is 22.6 Å². The summed E-state index contributed by atoms with van der Waals surface area (Å²) in [6.45, 7) is 0.366. The molecule has 1 N–H and O–H groups in total. The Morgan fingerprint density at radius 1 is 0.919 bits per heavy atom. The quantitative estimate of drug-likeness (QED) is 0.379. The lowest BCUT2D eigenvalue weighted by atomic mass is 10.1. The molecule has 0 aliphatic carbocycles. The van der Waals surface area contributed by atoms with E-state index in [1.807, 2.05) is 12.1 Å². The van der Waals surface area contributed by atoms with E-state index in [9.17, 15) is 21.6 Å². The average molecular weight is 539 g/mol. The first-order valence-electron chi connectivity index (χ1n) is 11.2. The molecule has 1 amide bonds. The minimum Gasteiger partial charge on any atom is -0.407 e. The molecule has 5 rings (SSSR count). The molecule has 0 radical (unpaired) electrons. The number of benzene rings is 3. The Kier molecular flexibility index (Phi) is 6.30. The van der Waals surface area contributed by atoms with Crippen LogP contribution in [0.2, 0.25) is 0 Å². The summed E-state index contributed by atoms with van der Waals surface area (Å²) in [6, 6.07) is 19.2. The van der Waals surface area contributed by atoms with Gasteiger partial charge in [0.2, 0.25) is 5.89 Å². The maximum Gasteiger partial charge on any atom is 0.322 e. The van der Waals surface area contributed by atoms with Crippen molar-refractivity contribution in [3.8, 4) is 0 Å². The summed E-state index contributed by atoms with van der Waals surface area (Å²) >= 11 is 0. The van der Waals surface area contributed by atoms with Crippen LogP contribution in [0.4, 0.5) is 11.7 Å². The Balaban J connectivity index is 1.24. The molecule has 0 atom stereocenters. The highest BCUT2D eigenvalue weighted by Crippen LogP contribution is 2.32. The number of carbonyl (C=O) groups is 1. The van der Waals surface area contributed by atoms with Crippen LogP contribution >= 0.6 is 0 Å². The van der Waals surface area contributed by atoms with Crippen molar-refractivity contribution in [1.82, 2.24) is 10.2 Å². The topological polar surface area (TPSA) is 140 Å². The molecule has 0 bridgehead atoms. The van der Waals surface area contributed by atoms with Crippen LogP contribution in [0, 0.1) is 0 Å². The number of anilines is 2. The number of amides is 1. The Morgan fingerprint density at radius 2 is 1.59 bits per heavy atom. The van der Waals surface area contributed by atoms with Gasteiger partial charge in [0.15, 0.2) is 9.84 Å². The van der Waals surface area contributed by atoms with Gasteiger partial charge in [-0.05, 0) is 60.0 Å². The van der Waals surface area contributed by atoms with Crippen molar-refractivity contribution in [1.29, 1.82) is 0 Å². The number of nitrogens with one attached hydrogen (secondary N) is 1. The second-order valence-electron chi connectivity index (χ2n) is 8.53. The molecule has 0 spiro atoms. The van der Waals surface area contributed by atoms with E-state index < -0.39 is 25.8 Å². The van der Waals surface area contributed by atoms with Crippen molar-refractivity contribution in [2.75, 3.05) is 22.4 Å². The van der Waals surface area contributed by atoms with E-state index in [1.54, 1.807) is 24.3 Å². The third-order valence-corrected chi connectivity index (χ3v) is 8.90. The molecule has 1 aliphatic heterocycles. The number of sulfone groups is 1. The fourth-order valence-corrected chi connectivity index (χ4v) is 6.17. The smallest absolute Gasteiger partial charge is 0.322 e. The molecule has 2 heterocycles. The van der Waals surface area contributed by atoms with E-state index in [1.165, 1.54) is 40.7 Å². The Bertz CT molecular complexity index is 1680. The molecular weight excluding hydrogens is 516 g/mol. The van der Waals surface area contributed by atoms with Gasteiger partial charge >= 0.3 is 6.01 Å². The van der Waals surface area contributed by atoms with Crippen LogP contribution in [0.5, 0.6) is 0 Å². The Labute approximate surface area is 213 Å². The molecule has 1 aliphatic rings. The molecule has 0 saturated carbocycles. The third kappa shape index (κ3) is 5.11. The van der Waals surface area contributed by atoms with Crippen molar-refractivity contribution >= 4 is 37.5 Å². The van der Waals surface area contributed by atoms with Gasteiger partial charge in [-0.2, -0.15) is 0 Å². The normalized spacial score (nSPS) is 13.4. The number of hydrogen-bond acceptors (Lipinski definition) is 8. The highest BCUT2D eigenvalue weighted by atomic mass is 32.2. The fraction of sp³-hybridized carbons (Fsp3) is 0.160. The molecule has 1 aromatic heterocycles. The van der Waals surface area contributed by atoms with Gasteiger partial charge in [0.1, 0.15) is 0 Å². The zero-order valence-corrected chi connectivity index (χ0v) is 21.3. The summed E-state index contributed by atoms with van der Waals surface area (Å²) in [6.07, 6.45) is 2.03. The average Bonchev–Trinajstić information content (AvgIpc) is 3.51. The predicted octanol–water partition coefficient (Wildman–Crippen LogP) is 3.07. The van der Waals surface area contributed by atoms with Gasteiger partial charge in [0.05, 0.1) is 21.9 Å². The maximum absolute atomic E-state index is 13.2. The van der Waals surface area contributed by atoms with Gasteiger partial charge in [-0.25, -0.2) is 16.8 Å². The molecule has 37 heavy (non-hydrogen) atoms. The van der Waals surface area contributed by atoms with E-state index in [4.69, 9.17) is 4.42 Å². The summed E-state index contributed by atoms with van der Waals surface area (Å²) in [5.41, 5.74) is 2.62. The number of fused-ring (bicyclic) bond motifs is 1. The molecule has 12 heteroatoms. The number of carbonyl (C=O) groups excluding carboxylic acids is 1. The second-order valence-corrected chi connectivity index (χ2v) is 12.4. The van der Waals surface area contributed by atoms with Crippen LogP contribution in [-0.4, -0.2) is 45.7 Å². The first kappa shape index (κ1) is 24.7. The predicted molar refractivity (Wildman–Crippen MR) is 136 cm³/mol. The SMILES string of the molecule is CS(=O)(=O)c1ccc(Cc2nnc(NC(=O)c3ccc(S(=O)(=O)N4CCc5ccccc54)cc3)o2)cc1. The van der Waals surface area contributed by atoms with Gasteiger partial charge in [-0.15, -0.1) is 5.10 Å². The number of hydrogen-bond donors (Lipinski definition) is 1. The van der Waals surface area contributed by atoms with E-state index in [-0.39, 0.29) is 33.7 Å². The van der Waals surface area contributed by atoms with Crippen molar-refractivity contribution in [2.24, 2.45) is 0 Å². The van der Waals surface area contributed by atoms with Gasteiger partial charge in [0, 0.05) is 18.4 Å². The summed E-state index contributed by atoms with van der Waals surface area (Å²) in [5.74, 6) is -0.307. The fourth-order valence-electron chi connectivity index (χ4n) is 4.04. The third-order valence-electron chi connectivity index (χ3n) is 5.94. The molecule has 0 saturated heterocycles. The highest BCUT2D eigenvalue weighted by Gasteiger charge is 2.30. The van der Waals surface area contributed by atoms with Crippen molar-refractivity contribution in [3.05, 3.63) is 95.4 Å². The highest BCUT2D eigenvalue weighted by molar-refractivity contribution is 7.92. The standard InChI is InChI=1S/C25H22N4O6S2/c1-36(31,32)20-10-6-17(7-11-20)16-23-27-28-25(35-23)26-24(30)19-8-12-21(13-9-19)37(33,34)29-15-14-18-4-2-3-5-22(18)29/h2-13H,14-16H2,1H3,(H,26,28,30). The van der Waals surface area contributed by atoms with Crippen LogP contribution in [0.3, 0.4) is 0 Å². The molecule has 10 nitrogen and oxygen atoms in total. The summed E-state index contributed by atoms with van der Waals surface area (Å²) in [7, 11) is -7.05.